The third kappa shape index (κ3) is 3.61. The summed E-state index contributed by atoms with van der Waals surface area (Å²) in [6.07, 6.45) is 0. The Kier molecular flexibility index (Phi) is 5.06. The maximum absolute atomic E-state index is 13.0. The highest BCUT2D eigenvalue weighted by Gasteiger charge is 2.28. The molecule has 1 N–H and O–H groups in total. The van der Waals surface area contributed by atoms with Crippen LogP contribution >= 0.6 is 11.3 Å². The number of sulfonamides is 1. The van der Waals surface area contributed by atoms with Gasteiger partial charge < -0.3 is 5.32 Å². The van der Waals surface area contributed by atoms with Gasteiger partial charge in [-0.15, -0.1) is 11.3 Å². The Bertz CT molecular complexity index is 1020. The Morgan fingerprint density at radius 3 is 2.35 bits per heavy atom. The van der Waals surface area contributed by atoms with Crippen LogP contribution in [0.25, 0.3) is 0 Å². The molecule has 1 amide bonds. The molecule has 3 rings (SSSR count). The average molecular weight is 390 g/mol. The third-order valence-corrected chi connectivity index (χ3v) is 6.57. The first-order chi connectivity index (χ1) is 12.4. The summed E-state index contributed by atoms with van der Waals surface area (Å²) in [4.78, 5) is 12.5. The summed E-state index contributed by atoms with van der Waals surface area (Å²) >= 11 is 1.03. The molecule has 0 bridgehead atoms. The lowest BCUT2D eigenvalue weighted by Gasteiger charge is -2.19. The topological polar surface area (TPSA) is 66.5 Å². The normalized spacial score (nSPS) is 11.2. The predicted octanol–water partition coefficient (Wildman–Crippen LogP) is 3.96. The van der Waals surface area contributed by atoms with Crippen molar-refractivity contribution in [3.05, 3.63) is 76.7 Å². The molecule has 0 aliphatic rings. The first-order valence-electron chi connectivity index (χ1n) is 7.58. The van der Waals surface area contributed by atoms with Crippen LogP contribution in [0.5, 0.6) is 0 Å². The van der Waals surface area contributed by atoms with Gasteiger partial charge >= 0.3 is 0 Å². The standard InChI is InChI=1S/C18H15FN2O3S2/c1-21(15-5-3-2-4-6-15)26(23,24)16-11-12-25-17(16)18(22)20-14-9-7-13(19)8-10-14/h2-12H,1H3,(H,20,22). The van der Waals surface area contributed by atoms with Crippen molar-refractivity contribution in [3.63, 3.8) is 0 Å². The predicted molar refractivity (Wildman–Crippen MR) is 101 cm³/mol. The maximum Gasteiger partial charge on any atom is 0.267 e. The van der Waals surface area contributed by atoms with Crippen LogP contribution in [0.3, 0.4) is 0 Å². The molecule has 0 fully saturated rings. The molecule has 0 aliphatic carbocycles. The molecular formula is C18H15FN2O3S2. The Balaban J connectivity index is 1.90. The Morgan fingerprint density at radius 2 is 1.69 bits per heavy atom. The molecule has 0 atom stereocenters. The van der Waals surface area contributed by atoms with Crippen LogP contribution in [-0.4, -0.2) is 21.4 Å². The second-order valence-electron chi connectivity index (χ2n) is 5.38. The van der Waals surface area contributed by atoms with Crippen molar-refractivity contribution < 1.29 is 17.6 Å². The summed E-state index contributed by atoms with van der Waals surface area (Å²) < 4.78 is 39.9. The minimum Gasteiger partial charge on any atom is -0.321 e. The zero-order chi connectivity index (χ0) is 18.7. The number of benzene rings is 2. The van der Waals surface area contributed by atoms with Crippen molar-refractivity contribution >= 4 is 38.6 Å². The summed E-state index contributed by atoms with van der Waals surface area (Å²) in [6.45, 7) is 0. The van der Waals surface area contributed by atoms with Crippen molar-refractivity contribution in [3.8, 4) is 0 Å². The fourth-order valence-electron chi connectivity index (χ4n) is 2.31. The van der Waals surface area contributed by atoms with Crippen LogP contribution in [0.4, 0.5) is 15.8 Å². The average Bonchev–Trinajstić information content (AvgIpc) is 3.14. The van der Waals surface area contributed by atoms with Crippen molar-refractivity contribution in [2.45, 2.75) is 4.90 Å². The molecule has 3 aromatic rings. The van der Waals surface area contributed by atoms with Crippen LogP contribution in [0.15, 0.2) is 70.9 Å². The van der Waals surface area contributed by atoms with Gasteiger partial charge in [0.15, 0.2) is 0 Å². The second kappa shape index (κ2) is 7.27. The van der Waals surface area contributed by atoms with Gasteiger partial charge in [-0.25, -0.2) is 12.8 Å². The lowest BCUT2D eigenvalue weighted by Crippen LogP contribution is -2.28. The molecule has 0 unspecified atom stereocenters. The van der Waals surface area contributed by atoms with Gasteiger partial charge in [0.2, 0.25) is 0 Å². The maximum atomic E-state index is 13.0. The number of thiophene rings is 1. The second-order valence-corrected chi connectivity index (χ2v) is 8.24. The first kappa shape index (κ1) is 18.1. The number of hydrogen-bond acceptors (Lipinski definition) is 4. The van der Waals surface area contributed by atoms with Gasteiger partial charge in [-0.3, -0.25) is 9.10 Å². The van der Waals surface area contributed by atoms with E-state index in [1.165, 1.54) is 37.4 Å². The van der Waals surface area contributed by atoms with Crippen molar-refractivity contribution in [1.82, 2.24) is 0 Å². The van der Waals surface area contributed by atoms with Gasteiger partial charge in [-0.2, -0.15) is 0 Å². The summed E-state index contributed by atoms with van der Waals surface area (Å²) in [7, 11) is -2.47. The highest BCUT2D eigenvalue weighted by atomic mass is 32.2. The molecular weight excluding hydrogens is 375 g/mol. The van der Waals surface area contributed by atoms with Gasteiger partial charge in [0.05, 0.1) is 5.69 Å². The van der Waals surface area contributed by atoms with Crippen molar-refractivity contribution in [2.24, 2.45) is 0 Å². The first-order valence-corrected chi connectivity index (χ1v) is 9.90. The molecule has 0 radical (unpaired) electrons. The zero-order valence-electron chi connectivity index (χ0n) is 13.7. The number of halogens is 1. The third-order valence-electron chi connectivity index (χ3n) is 3.70. The molecule has 8 heteroatoms. The van der Waals surface area contributed by atoms with Gasteiger partial charge in [0.25, 0.3) is 15.9 Å². The number of carbonyl (C=O) groups is 1. The fourth-order valence-corrected chi connectivity index (χ4v) is 4.80. The van der Waals surface area contributed by atoms with E-state index in [1.807, 2.05) is 0 Å². The van der Waals surface area contributed by atoms with E-state index in [0.717, 1.165) is 15.6 Å². The van der Waals surface area contributed by atoms with Crippen LogP contribution in [0, 0.1) is 5.82 Å². The molecule has 2 aromatic carbocycles. The molecule has 0 spiro atoms. The van der Waals surface area contributed by atoms with Crippen LogP contribution in [-0.2, 0) is 10.0 Å². The Hall–Kier alpha value is -2.71. The van der Waals surface area contributed by atoms with Gasteiger partial charge in [-0.05, 0) is 47.8 Å². The quantitative estimate of drug-likeness (QED) is 0.717. The van der Waals surface area contributed by atoms with E-state index in [0.29, 0.717) is 11.4 Å². The number of nitrogens with zero attached hydrogens (tertiary/aromatic N) is 1. The molecule has 0 saturated heterocycles. The van der Waals surface area contributed by atoms with Crippen molar-refractivity contribution in [1.29, 1.82) is 0 Å². The fraction of sp³-hybridized carbons (Fsp3) is 0.0556. The molecule has 0 aliphatic heterocycles. The number of anilines is 2. The van der Waals surface area contributed by atoms with Gasteiger partial charge in [0.1, 0.15) is 15.6 Å². The highest BCUT2D eigenvalue weighted by Crippen LogP contribution is 2.28. The molecule has 5 nitrogen and oxygen atoms in total. The summed E-state index contributed by atoms with van der Waals surface area (Å²) in [5, 5.41) is 4.13. The minimum atomic E-state index is -3.90. The Morgan fingerprint density at radius 1 is 1.04 bits per heavy atom. The number of rotatable bonds is 5. The van der Waals surface area contributed by atoms with Crippen LogP contribution in [0.1, 0.15) is 9.67 Å². The molecule has 134 valence electrons. The van der Waals surface area contributed by atoms with E-state index in [2.05, 4.69) is 5.32 Å². The highest BCUT2D eigenvalue weighted by molar-refractivity contribution is 7.93. The van der Waals surface area contributed by atoms with E-state index in [4.69, 9.17) is 0 Å². The Labute approximate surface area is 154 Å². The van der Waals surface area contributed by atoms with Gasteiger partial charge in [0, 0.05) is 12.7 Å². The smallest absolute Gasteiger partial charge is 0.267 e. The minimum absolute atomic E-state index is 0.0668. The molecule has 1 aromatic heterocycles. The number of nitrogens with one attached hydrogen (secondary N) is 1. The summed E-state index contributed by atoms with van der Waals surface area (Å²) in [5.41, 5.74) is 0.869. The van der Waals surface area contributed by atoms with Crippen LogP contribution < -0.4 is 9.62 Å². The van der Waals surface area contributed by atoms with E-state index in [-0.39, 0.29) is 9.77 Å². The lowest BCUT2D eigenvalue weighted by atomic mass is 10.3. The van der Waals surface area contributed by atoms with Crippen LogP contribution in [0.2, 0.25) is 0 Å². The summed E-state index contributed by atoms with van der Waals surface area (Å²) in [6, 6.07) is 15.2. The molecule has 1 heterocycles. The van der Waals surface area contributed by atoms with Crippen molar-refractivity contribution in [2.75, 3.05) is 16.7 Å². The summed E-state index contributed by atoms with van der Waals surface area (Å²) in [5.74, 6) is -0.987. The van der Waals surface area contributed by atoms with E-state index >= 15 is 0 Å². The number of carbonyl (C=O) groups excluding carboxylic acids is 1. The van der Waals surface area contributed by atoms with E-state index < -0.39 is 21.7 Å². The molecule has 0 saturated carbocycles. The SMILES string of the molecule is CN(c1ccccc1)S(=O)(=O)c1ccsc1C(=O)Nc1ccc(F)cc1. The molecule has 26 heavy (non-hydrogen) atoms. The largest absolute Gasteiger partial charge is 0.321 e. The monoisotopic (exact) mass is 390 g/mol. The van der Waals surface area contributed by atoms with E-state index in [1.54, 1.807) is 35.7 Å². The number of para-hydroxylation sites is 1. The van der Waals surface area contributed by atoms with E-state index in [9.17, 15) is 17.6 Å². The lowest BCUT2D eigenvalue weighted by molar-refractivity contribution is 0.102. The zero-order valence-corrected chi connectivity index (χ0v) is 15.4. The van der Waals surface area contributed by atoms with Gasteiger partial charge in [-0.1, -0.05) is 18.2 Å². The number of amides is 1. The number of hydrogen-bond donors (Lipinski definition) is 1.